The highest BCUT2D eigenvalue weighted by Crippen LogP contribution is 2.25. The highest BCUT2D eigenvalue weighted by Gasteiger charge is 2.19. The summed E-state index contributed by atoms with van der Waals surface area (Å²) >= 11 is 1.19. The Hall–Kier alpha value is -3.14. The number of Topliss-reactive ketones (excluding diaryl/α,β-unsaturated/α-hetero) is 1. The van der Waals surface area contributed by atoms with Crippen LogP contribution in [0.1, 0.15) is 21.7 Å². The third-order valence-electron chi connectivity index (χ3n) is 3.81. The Morgan fingerprint density at radius 2 is 2.23 bits per heavy atom. The molecule has 26 heavy (non-hydrogen) atoms. The van der Waals surface area contributed by atoms with Crippen molar-refractivity contribution in [2.24, 2.45) is 0 Å². The molecule has 0 amide bonds. The van der Waals surface area contributed by atoms with Gasteiger partial charge in [-0.15, -0.1) is 10.2 Å². The summed E-state index contributed by atoms with van der Waals surface area (Å²) in [7, 11) is 0. The summed E-state index contributed by atoms with van der Waals surface area (Å²) in [4.78, 5) is 16.8. The second kappa shape index (κ2) is 6.64. The first kappa shape index (κ1) is 16.3. The number of nitrogens with zero attached hydrogens (tertiary/aromatic N) is 5. The summed E-state index contributed by atoms with van der Waals surface area (Å²) < 4.78 is 12.6. The van der Waals surface area contributed by atoms with Gasteiger partial charge >= 0.3 is 0 Å². The lowest BCUT2D eigenvalue weighted by molar-refractivity contribution is 0.102. The third kappa shape index (κ3) is 2.94. The number of aromatic amines is 1. The molecule has 1 N–H and O–H groups in total. The zero-order valence-electron chi connectivity index (χ0n) is 14.0. The third-order valence-corrected chi connectivity index (χ3v) is 4.63. The molecule has 4 rings (SSSR count). The van der Waals surface area contributed by atoms with Gasteiger partial charge in [-0.1, -0.05) is 11.8 Å². The number of ketones is 1. The smallest absolute Gasteiger partial charge is 0.284 e. The zero-order valence-corrected chi connectivity index (χ0v) is 14.8. The molecule has 10 heteroatoms. The number of rotatable bonds is 6. The van der Waals surface area contributed by atoms with E-state index in [0.717, 1.165) is 11.4 Å². The standard InChI is InChI=1S/C16H14N6O3S/c1-9-6-11(10(2)22(9)15-17-8-18-20-15)12(23)7-26-16-21-19-14(25-16)13-4-3-5-24-13/h3-6,8H,7H2,1-2H3,(H,17,18,20). The van der Waals surface area contributed by atoms with Gasteiger partial charge in [-0.2, -0.15) is 10.1 Å². The van der Waals surface area contributed by atoms with Gasteiger partial charge in [0, 0.05) is 17.0 Å². The van der Waals surface area contributed by atoms with Crippen LogP contribution in [0.5, 0.6) is 0 Å². The number of H-pyrrole nitrogens is 1. The number of aryl methyl sites for hydroxylation is 1. The van der Waals surface area contributed by atoms with Gasteiger partial charge in [-0.25, -0.2) is 5.10 Å². The number of furan rings is 1. The van der Waals surface area contributed by atoms with E-state index in [1.54, 1.807) is 12.1 Å². The van der Waals surface area contributed by atoms with E-state index in [0.29, 0.717) is 22.5 Å². The fourth-order valence-corrected chi connectivity index (χ4v) is 3.30. The summed E-state index contributed by atoms with van der Waals surface area (Å²) in [6.07, 6.45) is 2.96. The molecule has 0 aliphatic rings. The molecule has 4 aromatic heterocycles. The van der Waals surface area contributed by atoms with Crippen molar-refractivity contribution in [3.05, 3.63) is 47.7 Å². The van der Waals surface area contributed by atoms with Gasteiger partial charge in [-0.3, -0.25) is 9.36 Å². The van der Waals surface area contributed by atoms with Crippen LogP contribution >= 0.6 is 11.8 Å². The molecule has 4 heterocycles. The van der Waals surface area contributed by atoms with Crippen molar-refractivity contribution in [1.82, 2.24) is 29.9 Å². The molecule has 0 aliphatic carbocycles. The van der Waals surface area contributed by atoms with Crippen LogP contribution in [0.15, 0.2) is 44.8 Å². The van der Waals surface area contributed by atoms with E-state index in [-0.39, 0.29) is 17.4 Å². The monoisotopic (exact) mass is 370 g/mol. The first-order valence-electron chi connectivity index (χ1n) is 7.71. The minimum absolute atomic E-state index is 0.0355. The minimum Gasteiger partial charge on any atom is -0.459 e. The number of hydrogen-bond donors (Lipinski definition) is 1. The van der Waals surface area contributed by atoms with Crippen LogP contribution in [0.25, 0.3) is 17.6 Å². The maximum absolute atomic E-state index is 12.6. The first-order chi connectivity index (χ1) is 12.6. The lowest BCUT2D eigenvalue weighted by atomic mass is 10.2. The van der Waals surface area contributed by atoms with Gasteiger partial charge < -0.3 is 8.83 Å². The predicted octanol–water partition coefficient (Wildman–Crippen LogP) is 2.83. The van der Waals surface area contributed by atoms with Gasteiger partial charge in [0.2, 0.25) is 5.95 Å². The molecule has 132 valence electrons. The molecule has 0 saturated carbocycles. The van der Waals surface area contributed by atoms with Crippen molar-refractivity contribution < 1.29 is 13.6 Å². The molecule has 0 saturated heterocycles. The maximum atomic E-state index is 12.6. The molecule has 4 aromatic rings. The Kier molecular flexibility index (Phi) is 4.17. The molecule has 0 fully saturated rings. The van der Waals surface area contributed by atoms with Crippen LogP contribution in [-0.2, 0) is 0 Å². The molecule has 0 aromatic carbocycles. The second-order valence-corrected chi connectivity index (χ2v) is 6.42. The highest BCUT2D eigenvalue weighted by atomic mass is 32.2. The number of carbonyl (C=O) groups excluding carboxylic acids is 1. The summed E-state index contributed by atoms with van der Waals surface area (Å²) in [5.74, 6) is 1.50. The fourth-order valence-electron chi connectivity index (χ4n) is 2.65. The van der Waals surface area contributed by atoms with Gasteiger partial charge in [0.25, 0.3) is 11.1 Å². The maximum Gasteiger partial charge on any atom is 0.284 e. The molecule has 0 unspecified atom stereocenters. The van der Waals surface area contributed by atoms with Crippen LogP contribution in [0, 0.1) is 13.8 Å². The average molecular weight is 370 g/mol. The van der Waals surface area contributed by atoms with E-state index in [9.17, 15) is 4.79 Å². The molecule has 0 spiro atoms. The number of thioether (sulfide) groups is 1. The first-order valence-corrected chi connectivity index (χ1v) is 8.70. The van der Waals surface area contributed by atoms with Crippen molar-refractivity contribution in [2.75, 3.05) is 5.75 Å². The summed E-state index contributed by atoms with van der Waals surface area (Å²) in [6.45, 7) is 3.78. The molecule has 0 aliphatic heterocycles. The van der Waals surface area contributed by atoms with Crippen LogP contribution in [0.4, 0.5) is 0 Å². The van der Waals surface area contributed by atoms with Gasteiger partial charge in [0.05, 0.1) is 12.0 Å². The molecule has 0 bridgehead atoms. The SMILES string of the molecule is Cc1cc(C(=O)CSc2nnc(-c3ccco3)o2)c(C)n1-c1ncn[nH]1. The lowest BCUT2D eigenvalue weighted by Gasteiger charge is -2.04. The average Bonchev–Trinajstić information content (AvgIpc) is 3.40. The topological polar surface area (TPSA) is 116 Å². The van der Waals surface area contributed by atoms with E-state index in [1.165, 1.54) is 24.4 Å². The largest absolute Gasteiger partial charge is 0.459 e. The van der Waals surface area contributed by atoms with E-state index in [1.807, 2.05) is 24.5 Å². The normalized spacial score (nSPS) is 11.2. The molecule has 0 atom stereocenters. The van der Waals surface area contributed by atoms with Crippen LogP contribution in [0.2, 0.25) is 0 Å². The van der Waals surface area contributed by atoms with Gasteiger partial charge in [-0.05, 0) is 32.0 Å². The van der Waals surface area contributed by atoms with Crippen molar-refractivity contribution in [3.8, 4) is 17.6 Å². The Morgan fingerprint density at radius 3 is 2.96 bits per heavy atom. The van der Waals surface area contributed by atoms with Crippen LogP contribution in [-0.4, -0.2) is 41.5 Å². The Balaban J connectivity index is 1.48. The van der Waals surface area contributed by atoms with Gasteiger partial charge in [0.15, 0.2) is 11.5 Å². The quantitative estimate of drug-likeness (QED) is 0.407. The van der Waals surface area contributed by atoms with Crippen molar-refractivity contribution in [1.29, 1.82) is 0 Å². The summed E-state index contributed by atoms with van der Waals surface area (Å²) in [5.41, 5.74) is 2.31. The van der Waals surface area contributed by atoms with E-state index < -0.39 is 0 Å². The zero-order chi connectivity index (χ0) is 18.1. The van der Waals surface area contributed by atoms with Crippen molar-refractivity contribution in [2.45, 2.75) is 19.1 Å². The highest BCUT2D eigenvalue weighted by molar-refractivity contribution is 7.99. The van der Waals surface area contributed by atoms with Crippen molar-refractivity contribution >= 4 is 17.5 Å². The van der Waals surface area contributed by atoms with E-state index >= 15 is 0 Å². The molecular formula is C16H14N6O3S. The van der Waals surface area contributed by atoms with E-state index in [4.69, 9.17) is 8.83 Å². The predicted molar refractivity (Wildman–Crippen MR) is 92.2 cm³/mol. The number of nitrogens with one attached hydrogen (secondary N) is 1. The van der Waals surface area contributed by atoms with E-state index in [2.05, 4.69) is 25.4 Å². The Labute approximate surface area is 151 Å². The second-order valence-electron chi connectivity index (χ2n) is 5.49. The fraction of sp³-hybridized carbons (Fsp3) is 0.188. The lowest BCUT2D eigenvalue weighted by Crippen LogP contribution is -2.06. The Bertz CT molecular complexity index is 1030. The minimum atomic E-state index is -0.0355. The van der Waals surface area contributed by atoms with Gasteiger partial charge in [0.1, 0.15) is 6.33 Å². The van der Waals surface area contributed by atoms with Crippen LogP contribution in [0.3, 0.4) is 0 Å². The van der Waals surface area contributed by atoms with Crippen molar-refractivity contribution in [3.63, 3.8) is 0 Å². The molecule has 0 radical (unpaired) electrons. The molecular weight excluding hydrogens is 356 g/mol. The summed E-state index contributed by atoms with van der Waals surface area (Å²) in [6, 6.07) is 5.30. The number of carbonyl (C=O) groups is 1. The number of aromatic nitrogens is 6. The number of hydrogen-bond acceptors (Lipinski definition) is 8. The van der Waals surface area contributed by atoms with Crippen LogP contribution < -0.4 is 0 Å². The Morgan fingerprint density at radius 1 is 1.35 bits per heavy atom. The molecule has 9 nitrogen and oxygen atoms in total. The summed E-state index contributed by atoms with van der Waals surface area (Å²) in [5, 5.41) is 14.8.